The quantitative estimate of drug-likeness (QED) is 0.576. The normalized spacial score (nSPS) is 17.1. The Morgan fingerprint density at radius 1 is 1.50 bits per heavy atom. The highest BCUT2D eigenvalue weighted by Gasteiger charge is 2.24. The standard InChI is InChI=1S/C10H17N5O/c1-8-6-9(13(2)12-8)7-14-4-3-5-15(11)10(14)16/h6H,3-5,7,11H2,1-2H3. The van der Waals surface area contributed by atoms with Gasteiger partial charge in [-0.2, -0.15) is 5.10 Å². The van der Waals surface area contributed by atoms with Crippen LogP contribution < -0.4 is 5.84 Å². The summed E-state index contributed by atoms with van der Waals surface area (Å²) in [4.78, 5) is 13.5. The molecule has 16 heavy (non-hydrogen) atoms. The fourth-order valence-corrected chi connectivity index (χ4v) is 1.96. The zero-order valence-electron chi connectivity index (χ0n) is 9.68. The van der Waals surface area contributed by atoms with Crippen LogP contribution in [0, 0.1) is 6.92 Å². The van der Waals surface area contributed by atoms with Crippen LogP contribution in [0.1, 0.15) is 17.8 Å². The van der Waals surface area contributed by atoms with Crippen LogP contribution in [-0.2, 0) is 13.6 Å². The number of urea groups is 1. The highest BCUT2D eigenvalue weighted by atomic mass is 16.2. The summed E-state index contributed by atoms with van der Waals surface area (Å²) < 4.78 is 1.80. The van der Waals surface area contributed by atoms with E-state index in [1.165, 1.54) is 5.01 Å². The molecule has 0 spiro atoms. The van der Waals surface area contributed by atoms with Crippen LogP contribution in [0.25, 0.3) is 0 Å². The van der Waals surface area contributed by atoms with Crippen molar-refractivity contribution >= 4 is 6.03 Å². The van der Waals surface area contributed by atoms with Crippen LogP contribution in [-0.4, -0.2) is 38.8 Å². The van der Waals surface area contributed by atoms with Crippen molar-refractivity contribution in [1.29, 1.82) is 0 Å². The molecular formula is C10H17N5O. The Hall–Kier alpha value is -1.56. The minimum absolute atomic E-state index is 0.106. The fraction of sp³-hybridized carbons (Fsp3) is 0.600. The Labute approximate surface area is 94.6 Å². The zero-order chi connectivity index (χ0) is 11.7. The van der Waals surface area contributed by atoms with Gasteiger partial charge < -0.3 is 4.90 Å². The molecule has 1 aliphatic rings. The lowest BCUT2D eigenvalue weighted by atomic mass is 10.3. The van der Waals surface area contributed by atoms with E-state index in [0.717, 1.165) is 24.4 Å². The van der Waals surface area contributed by atoms with Gasteiger partial charge in [-0.1, -0.05) is 0 Å². The van der Waals surface area contributed by atoms with Crippen LogP contribution >= 0.6 is 0 Å². The number of hydrogen-bond acceptors (Lipinski definition) is 3. The molecule has 0 bridgehead atoms. The average molecular weight is 223 g/mol. The number of hydrazine groups is 1. The third-order valence-electron chi connectivity index (χ3n) is 2.80. The molecule has 1 fully saturated rings. The van der Waals surface area contributed by atoms with E-state index < -0.39 is 0 Å². The number of carbonyl (C=O) groups excluding carboxylic acids is 1. The first kappa shape index (κ1) is 10.9. The Balaban J connectivity index is 2.09. The molecule has 1 saturated heterocycles. The van der Waals surface area contributed by atoms with Crippen LogP contribution in [0.2, 0.25) is 0 Å². The van der Waals surface area contributed by atoms with Crippen molar-refractivity contribution in [3.63, 3.8) is 0 Å². The lowest BCUT2D eigenvalue weighted by Gasteiger charge is -2.32. The number of nitrogens with zero attached hydrogens (tertiary/aromatic N) is 4. The van der Waals surface area contributed by atoms with Crippen molar-refractivity contribution in [1.82, 2.24) is 19.7 Å². The molecule has 2 N–H and O–H groups in total. The highest BCUT2D eigenvalue weighted by molar-refractivity contribution is 5.74. The number of aromatic nitrogens is 2. The van der Waals surface area contributed by atoms with Gasteiger partial charge in [-0.25, -0.2) is 10.6 Å². The van der Waals surface area contributed by atoms with Crippen molar-refractivity contribution < 1.29 is 4.79 Å². The maximum atomic E-state index is 11.7. The second kappa shape index (κ2) is 4.13. The molecular weight excluding hydrogens is 206 g/mol. The fourth-order valence-electron chi connectivity index (χ4n) is 1.96. The summed E-state index contributed by atoms with van der Waals surface area (Å²) in [7, 11) is 1.89. The molecule has 88 valence electrons. The van der Waals surface area contributed by atoms with E-state index in [0.29, 0.717) is 13.1 Å². The van der Waals surface area contributed by atoms with Gasteiger partial charge in [0, 0.05) is 20.1 Å². The van der Waals surface area contributed by atoms with Gasteiger partial charge in [-0.05, 0) is 19.4 Å². The van der Waals surface area contributed by atoms with Gasteiger partial charge in [0.1, 0.15) is 0 Å². The average Bonchev–Trinajstić information content (AvgIpc) is 2.53. The zero-order valence-corrected chi connectivity index (χ0v) is 9.68. The molecule has 1 aromatic rings. The van der Waals surface area contributed by atoms with Crippen LogP contribution in [0.5, 0.6) is 0 Å². The highest BCUT2D eigenvalue weighted by Crippen LogP contribution is 2.11. The molecule has 0 atom stereocenters. The summed E-state index contributed by atoms with van der Waals surface area (Å²) in [6.07, 6.45) is 0.916. The number of nitrogens with two attached hydrogens (primary N) is 1. The summed E-state index contributed by atoms with van der Waals surface area (Å²) in [5.41, 5.74) is 1.99. The van der Waals surface area contributed by atoms with Gasteiger partial charge in [0.05, 0.1) is 17.9 Å². The van der Waals surface area contributed by atoms with E-state index in [1.54, 1.807) is 9.58 Å². The molecule has 0 aromatic carbocycles. The van der Waals surface area contributed by atoms with Crippen LogP contribution in [0.3, 0.4) is 0 Å². The summed E-state index contributed by atoms with van der Waals surface area (Å²) in [5.74, 6) is 5.59. The SMILES string of the molecule is Cc1cc(CN2CCCN(N)C2=O)n(C)n1. The van der Waals surface area contributed by atoms with E-state index in [4.69, 9.17) is 5.84 Å². The van der Waals surface area contributed by atoms with Gasteiger partial charge in [-0.3, -0.25) is 9.69 Å². The molecule has 0 unspecified atom stereocenters. The van der Waals surface area contributed by atoms with Crippen molar-refractivity contribution in [3.8, 4) is 0 Å². The number of carbonyl (C=O) groups is 1. The summed E-state index contributed by atoms with van der Waals surface area (Å²) in [6, 6.07) is 1.88. The molecule has 2 rings (SSSR count). The molecule has 2 amide bonds. The van der Waals surface area contributed by atoms with Crippen LogP contribution in [0.4, 0.5) is 4.79 Å². The Bertz CT molecular complexity index is 400. The second-order valence-electron chi connectivity index (χ2n) is 4.15. The number of rotatable bonds is 2. The minimum Gasteiger partial charge on any atom is -0.318 e. The van der Waals surface area contributed by atoms with Crippen LogP contribution in [0.15, 0.2) is 6.07 Å². The monoisotopic (exact) mass is 223 g/mol. The largest absolute Gasteiger partial charge is 0.334 e. The van der Waals surface area contributed by atoms with E-state index >= 15 is 0 Å². The van der Waals surface area contributed by atoms with E-state index in [1.807, 2.05) is 20.0 Å². The summed E-state index contributed by atoms with van der Waals surface area (Å²) in [6.45, 7) is 3.91. The third-order valence-corrected chi connectivity index (χ3v) is 2.80. The smallest absolute Gasteiger partial charge is 0.318 e. The molecule has 0 aliphatic carbocycles. The van der Waals surface area contributed by atoms with Crippen molar-refractivity contribution in [2.24, 2.45) is 12.9 Å². The first-order chi connectivity index (χ1) is 7.58. The molecule has 6 heteroatoms. The van der Waals surface area contributed by atoms with Gasteiger partial charge in [-0.15, -0.1) is 0 Å². The first-order valence-electron chi connectivity index (χ1n) is 5.38. The number of amides is 2. The second-order valence-corrected chi connectivity index (χ2v) is 4.15. The maximum Gasteiger partial charge on any atom is 0.334 e. The van der Waals surface area contributed by atoms with Crippen molar-refractivity contribution in [2.45, 2.75) is 19.9 Å². The summed E-state index contributed by atoms with van der Waals surface area (Å²) in [5, 5.41) is 5.53. The Kier molecular flexibility index (Phi) is 2.82. The molecule has 1 aromatic heterocycles. The maximum absolute atomic E-state index is 11.7. The Morgan fingerprint density at radius 2 is 2.25 bits per heavy atom. The van der Waals surface area contributed by atoms with E-state index in [2.05, 4.69) is 5.10 Å². The minimum atomic E-state index is -0.106. The summed E-state index contributed by atoms with van der Waals surface area (Å²) >= 11 is 0. The van der Waals surface area contributed by atoms with Crippen molar-refractivity contribution in [3.05, 3.63) is 17.5 Å². The predicted octanol–water partition coefficient (Wildman–Crippen LogP) is 0.230. The van der Waals surface area contributed by atoms with E-state index in [9.17, 15) is 4.79 Å². The van der Waals surface area contributed by atoms with Gasteiger partial charge >= 0.3 is 6.03 Å². The molecule has 1 aliphatic heterocycles. The molecule has 0 radical (unpaired) electrons. The molecule has 2 heterocycles. The topological polar surface area (TPSA) is 67.4 Å². The lowest BCUT2D eigenvalue weighted by Crippen LogP contribution is -2.52. The molecule has 6 nitrogen and oxygen atoms in total. The lowest BCUT2D eigenvalue weighted by molar-refractivity contribution is 0.126. The first-order valence-corrected chi connectivity index (χ1v) is 5.38. The number of hydrogen-bond donors (Lipinski definition) is 1. The Morgan fingerprint density at radius 3 is 2.88 bits per heavy atom. The van der Waals surface area contributed by atoms with E-state index in [-0.39, 0.29) is 6.03 Å². The van der Waals surface area contributed by atoms with Gasteiger partial charge in [0.15, 0.2) is 0 Å². The predicted molar refractivity (Wildman–Crippen MR) is 59.3 cm³/mol. The molecule has 0 saturated carbocycles. The van der Waals surface area contributed by atoms with Gasteiger partial charge in [0.2, 0.25) is 0 Å². The van der Waals surface area contributed by atoms with Gasteiger partial charge in [0.25, 0.3) is 0 Å². The third kappa shape index (κ3) is 2.01. The van der Waals surface area contributed by atoms with Crippen molar-refractivity contribution in [2.75, 3.05) is 13.1 Å². The number of aryl methyl sites for hydroxylation is 2.